The van der Waals surface area contributed by atoms with Gasteiger partial charge in [-0.15, -0.1) is 0 Å². The molecule has 2 saturated heterocycles. The number of carbonyl (C=O) groups excluding carboxylic acids is 1. The number of hydrogen-bond donors (Lipinski definition) is 0. The van der Waals surface area contributed by atoms with Crippen molar-refractivity contribution in [3.05, 3.63) is 30.5 Å². The molecule has 3 heterocycles. The Balaban J connectivity index is 1.36. The maximum atomic E-state index is 12.7. The molecule has 1 aromatic carbocycles. The van der Waals surface area contributed by atoms with Crippen LogP contribution in [0.1, 0.15) is 32.1 Å². The SMILES string of the molecule is CN1CCCC2(CC1)CCN(C(=O)Cn1cc3ccccc3n1)CC2. The summed E-state index contributed by atoms with van der Waals surface area (Å²) in [6, 6.07) is 8.02. The molecule has 0 N–H and O–H groups in total. The van der Waals surface area contributed by atoms with Crippen LogP contribution in [0.3, 0.4) is 0 Å². The molecule has 2 fully saturated rings. The fraction of sp³-hybridized carbons (Fsp3) is 0.600. The molecule has 2 aliphatic heterocycles. The van der Waals surface area contributed by atoms with Crippen LogP contribution < -0.4 is 0 Å². The van der Waals surface area contributed by atoms with Crippen LogP contribution in [-0.4, -0.2) is 58.7 Å². The quantitative estimate of drug-likeness (QED) is 0.844. The summed E-state index contributed by atoms with van der Waals surface area (Å²) in [5.41, 5.74) is 1.43. The molecule has 2 aromatic rings. The zero-order chi connectivity index (χ0) is 17.3. The third-order valence-corrected chi connectivity index (χ3v) is 6.21. The maximum absolute atomic E-state index is 12.7. The number of benzene rings is 1. The number of carbonyl (C=O) groups is 1. The molecule has 134 valence electrons. The average molecular weight is 340 g/mol. The molecule has 0 saturated carbocycles. The summed E-state index contributed by atoms with van der Waals surface area (Å²) in [6.07, 6.45) is 8.20. The van der Waals surface area contributed by atoms with Gasteiger partial charge in [0.05, 0.1) is 5.52 Å². The molecular formula is C20H28N4O. The number of amides is 1. The van der Waals surface area contributed by atoms with Gasteiger partial charge in [0.25, 0.3) is 0 Å². The highest BCUT2D eigenvalue weighted by molar-refractivity contribution is 5.79. The summed E-state index contributed by atoms with van der Waals surface area (Å²) < 4.78 is 1.79. The van der Waals surface area contributed by atoms with Crippen LogP contribution in [0.5, 0.6) is 0 Å². The number of nitrogens with zero attached hydrogens (tertiary/aromatic N) is 4. The second-order valence-electron chi connectivity index (χ2n) is 7.92. The number of fused-ring (bicyclic) bond motifs is 1. The van der Waals surface area contributed by atoms with Crippen LogP contribution in [0, 0.1) is 5.41 Å². The standard InChI is InChI=1S/C20H28N4O/c1-22-11-4-7-20(8-12-22)9-13-23(14-10-20)19(25)16-24-15-17-5-2-3-6-18(17)21-24/h2-3,5-6,15H,4,7-14,16H2,1H3. The monoisotopic (exact) mass is 340 g/mol. The van der Waals surface area contributed by atoms with Gasteiger partial charge in [0.1, 0.15) is 6.54 Å². The van der Waals surface area contributed by atoms with Gasteiger partial charge in [0.2, 0.25) is 5.91 Å². The van der Waals surface area contributed by atoms with E-state index in [0.29, 0.717) is 12.0 Å². The van der Waals surface area contributed by atoms with Gasteiger partial charge in [-0.2, -0.15) is 5.10 Å². The fourth-order valence-electron chi connectivity index (χ4n) is 4.45. The van der Waals surface area contributed by atoms with E-state index in [1.807, 2.05) is 35.4 Å². The van der Waals surface area contributed by atoms with Crippen LogP contribution in [0.25, 0.3) is 10.9 Å². The predicted octanol–water partition coefficient (Wildman–Crippen LogP) is 2.76. The molecule has 0 radical (unpaired) electrons. The van der Waals surface area contributed by atoms with Gasteiger partial charge in [-0.25, -0.2) is 0 Å². The fourth-order valence-corrected chi connectivity index (χ4v) is 4.45. The Bertz CT molecular complexity index is 712. The summed E-state index contributed by atoms with van der Waals surface area (Å²) in [7, 11) is 2.23. The van der Waals surface area contributed by atoms with Crippen LogP contribution in [0.2, 0.25) is 0 Å². The van der Waals surface area contributed by atoms with Crippen LogP contribution in [0.15, 0.2) is 30.5 Å². The number of aromatic nitrogens is 2. The molecular weight excluding hydrogens is 312 g/mol. The maximum Gasteiger partial charge on any atom is 0.244 e. The molecule has 5 nitrogen and oxygen atoms in total. The van der Waals surface area contributed by atoms with Crippen LogP contribution in [-0.2, 0) is 11.3 Å². The highest BCUT2D eigenvalue weighted by Gasteiger charge is 2.36. The first kappa shape index (κ1) is 16.6. The Morgan fingerprint density at radius 1 is 1.08 bits per heavy atom. The van der Waals surface area contributed by atoms with Gasteiger partial charge in [0, 0.05) is 24.7 Å². The summed E-state index contributed by atoms with van der Waals surface area (Å²) in [5, 5.41) is 5.61. The largest absolute Gasteiger partial charge is 0.341 e. The molecule has 0 atom stereocenters. The number of likely N-dealkylation sites (tertiary alicyclic amines) is 2. The van der Waals surface area contributed by atoms with Gasteiger partial charge in [-0.3, -0.25) is 9.48 Å². The minimum Gasteiger partial charge on any atom is -0.341 e. The Hall–Kier alpha value is -1.88. The number of piperidine rings is 1. The van der Waals surface area contributed by atoms with E-state index in [2.05, 4.69) is 17.0 Å². The van der Waals surface area contributed by atoms with Crippen molar-refractivity contribution in [2.24, 2.45) is 5.41 Å². The molecule has 5 heteroatoms. The Labute approximate surface area is 149 Å². The summed E-state index contributed by atoms with van der Waals surface area (Å²) in [5.74, 6) is 0.202. The molecule has 0 aliphatic carbocycles. The average Bonchev–Trinajstić information content (AvgIpc) is 2.94. The van der Waals surface area contributed by atoms with Gasteiger partial charge < -0.3 is 9.80 Å². The van der Waals surface area contributed by atoms with Crippen molar-refractivity contribution in [2.75, 3.05) is 33.2 Å². The molecule has 1 aromatic heterocycles. The lowest BCUT2D eigenvalue weighted by atomic mass is 9.73. The molecule has 2 aliphatic rings. The second-order valence-corrected chi connectivity index (χ2v) is 7.92. The van der Waals surface area contributed by atoms with Gasteiger partial charge >= 0.3 is 0 Å². The van der Waals surface area contributed by atoms with Gasteiger partial charge in [-0.1, -0.05) is 18.2 Å². The molecule has 4 rings (SSSR count). The van der Waals surface area contributed by atoms with Gasteiger partial charge in [-0.05, 0) is 63.7 Å². The number of hydrogen-bond acceptors (Lipinski definition) is 3. The van der Waals surface area contributed by atoms with Crippen molar-refractivity contribution in [1.29, 1.82) is 0 Å². The minimum atomic E-state index is 0.202. The lowest BCUT2D eigenvalue weighted by Gasteiger charge is -2.41. The van der Waals surface area contributed by atoms with Crippen molar-refractivity contribution >= 4 is 16.8 Å². The Morgan fingerprint density at radius 3 is 2.64 bits per heavy atom. The topological polar surface area (TPSA) is 41.4 Å². The van der Waals surface area contributed by atoms with E-state index in [-0.39, 0.29) is 5.91 Å². The zero-order valence-corrected chi connectivity index (χ0v) is 15.2. The van der Waals surface area contributed by atoms with E-state index in [1.54, 1.807) is 4.68 Å². The molecule has 25 heavy (non-hydrogen) atoms. The van der Waals surface area contributed by atoms with E-state index in [1.165, 1.54) is 32.4 Å². The van der Waals surface area contributed by atoms with E-state index >= 15 is 0 Å². The highest BCUT2D eigenvalue weighted by atomic mass is 16.2. The Kier molecular flexibility index (Phi) is 4.50. The molecule has 1 spiro atoms. The van der Waals surface area contributed by atoms with Gasteiger partial charge in [0.15, 0.2) is 0 Å². The van der Waals surface area contributed by atoms with Crippen molar-refractivity contribution in [1.82, 2.24) is 19.6 Å². The normalized spacial score (nSPS) is 21.6. The summed E-state index contributed by atoms with van der Waals surface area (Å²) >= 11 is 0. The third kappa shape index (κ3) is 3.56. The van der Waals surface area contributed by atoms with Crippen molar-refractivity contribution in [3.8, 4) is 0 Å². The zero-order valence-electron chi connectivity index (χ0n) is 15.2. The van der Waals surface area contributed by atoms with Crippen molar-refractivity contribution < 1.29 is 4.79 Å². The van der Waals surface area contributed by atoms with E-state index in [0.717, 1.165) is 36.8 Å². The molecule has 1 amide bonds. The minimum absolute atomic E-state index is 0.202. The second kappa shape index (κ2) is 6.79. The first-order valence-corrected chi connectivity index (χ1v) is 9.52. The van der Waals surface area contributed by atoms with Crippen LogP contribution in [0.4, 0.5) is 0 Å². The van der Waals surface area contributed by atoms with E-state index in [4.69, 9.17) is 0 Å². The number of rotatable bonds is 2. The first-order valence-electron chi connectivity index (χ1n) is 9.52. The lowest BCUT2D eigenvalue weighted by Crippen LogP contribution is -2.44. The van der Waals surface area contributed by atoms with E-state index in [9.17, 15) is 4.79 Å². The molecule has 0 bridgehead atoms. The van der Waals surface area contributed by atoms with E-state index < -0.39 is 0 Å². The first-order chi connectivity index (χ1) is 12.1. The predicted molar refractivity (Wildman–Crippen MR) is 99.3 cm³/mol. The summed E-state index contributed by atoms with van der Waals surface area (Å²) in [4.78, 5) is 17.2. The summed E-state index contributed by atoms with van der Waals surface area (Å²) in [6.45, 7) is 4.59. The smallest absolute Gasteiger partial charge is 0.244 e. The third-order valence-electron chi connectivity index (χ3n) is 6.21. The highest BCUT2D eigenvalue weighted by Crippen LogP contribution is 2.41. The van der Waals surface area contributed by atoms with Crippen LogP contribution >= 0.6 is 0 Å². The lowest BCUT2D eigenvalue weighted by molar-refractivity contribution is -0.134. The van der Waals surface area contributed by atoms with Crippen molar-refractivity contribution in [2.45, 2.75) is 38.6 Å². The molecule has 0 unspecified atom stereocenters. The Morgan fingerprint density at radius 2 is 1.84 bits per heavy atom. The van der Waals surface area contributed by atoms with Crippen molar-refractivity contribution in [3.63, 3.8) is 0 Å².